The molecule has 0 radical (unpaired) electrons. The second-order valence-corrected chi connectivity index (χ2v) is 5.24. The Morgan fingerprint density at radius 1 is 0.941 bits per heavy atom. The van der Waals surface area contributed by atoms with Gasteiger partial charge in [-0.05, 0) is 41.9 Å². The first kappa shape index (κ1) is 10.7. The average Bonchev–Trinajstić information content (AvgIpc) is 2.74. The molecule has 88 valence electrons. The predicted octanol–water partition coefficient (Wildman–Crippen LogP) is 2.58. The van der Waals surface area contributed by atoms with Crippen molar-refractivity contribution in [2.75, 3.05) is 0 Å². The number of fused-ring (bicyclic) bond motifs is 1. The highest BCUT2D eigenvalue weighted by Crippen LogP contribution is 2.32. The van der Waals surface area contributed by atoms with Crippen LogP contribution >= 0.6 is 0 Å². The zero-order valence-corrected chi connectivity index (χ0v) is 9.87. The largest absolute Gasteiger partial charge is 0.299 e. The maximum atomic E-state index is 11.5. The van der Waals surface area contributed by atoms with Crippen molar-refractivity contribution in [1.82, 2.24) is 0 Å². The van der Waals surface area contributed by atoms with Gasteiger partial charge in [-0.25, -0.2) is 0 Å². The minimum absolute atomic E-state index is 0.103. The lowest BCUT2D eigenvalue weighted by Gasteiger charge is -2.21. The molecular weight excluding hydrogens is 212 g/mol. The number of aryl methyl sites for hydroxylation is 2. The van der Waals surface area contributed by atoms with Gasteiger partial charge in [-0.1, -0.05) is 18.2 Å². The molecule has 17 heavy (non-hydrogen) atoms. The molecule has 2 aliphatic carbocycles. The molecule has 0 bridgehead atoms. The molecule has 2 nitrogen and oxygen atoms in total. The third-order valence-corrected chi connectivity index (χ3v) is 3.94. The fraction of sp³-hybridized carbons (Fsp3) is 0.467. The first-order chi connectivity index (χ1) is 8.22. The van der Waals surface area contributed by atoms with E-state index in [0.717, 1.165) is 6.42 Å². The van der Waals surface area contributed by atoms with E-state index in [4.69, 9.17) is 0 Å². The number of rotatable bonds is 1. The number of hydrogen-bond donors (Lipinski definition) is 0. The fourth-order valence-corrected chi connectivity index (χ4v) is 3.07. The summed E-state index contributed by atoms with van der Waals surface area (Å²) in [5.41, 5.74) is 4.06. The zero-order valence-electron chi connectivity index (χ0n) is 9.87. The van der Waals surface area contributed by atoms with Crippen LogP contribution in [0.2, 0.25) is 0 Å². The molecule has 2 heteroatoms. The van der Waals surface area contributed by atoms with Crippen LogP contribution in [0.4, 0.5) is 0 Å². The van der Waals surface area contributed by atoms with Gasteiger partial charge in [0.1, 0.15) is 11.6 Å². The van der Waals surface area contributed by atoms with Crippen molar-refractivity contribution in [2.24, 2.45) is 0 Å². The summed E-state index contributed by atoms with van der Waals surface area (Å²) in [6, 6.07) is 6.51. The van der Waals surface area contributed by atoms with Crippen LogP contribution in [0.25, 0.3) is 0 Å². The molecule has 0 aromatic heterocycles. The van der Waals surface area contributed by atoms with E-state index < -0.39 is 0 Å². The Kier molecular flexibility index (Phi) is 2.58. The third kappa shape index (κ3) is 2.04. The van der Waals surface area contributed by atoms with Crippen molar-refractivity contribution < 1.29 is 9.59 Å². The van der Waals surface area contributed by atoms with Gasteiger partial charge in [0.05, 0.1) is 6.42 Å². The molecule has 0 N–H and O–H groups in total. The third-order valence-electron chi connectivity index (χ3n) is 3.94. The molecule has 0 atom stereocenters. The van der Waals surface area contributed by atoms with Crippen molar-refractivity contribution in [3.63, 3.8) is 0 Å². The second kappa shape index (κ2) is 4.10. The lowest BCUT2D eigenvalue weighted by atomic mass is 9.82. The van der Waals surface area contributed by atoms with Gasteiger partial charge in [-0.3, -0.25) is 9.59 Å². The predicted molar refractivity (Wildman–Crippen MR) is 65.1 cm³/mol. The van der Waals surface area contributed by atoms with E-state index >= 15 is 0 Å². The molecule has 1 aromatic carbocycles. The Labute approximate surface area is 101 Å². The average molecular weight is 228 g/mol. The van der Waals surface area contributed by atoms with Crippen LogP contribution in [-0.2, 0) is 22.4 Å². The van der Waals surface area contributed by atoms with Crippen LogP contribution in [0.15, 0.2) is 18.2 Å². The van der Waals surface area contributed by atoms with Gasteiger partial charge in [0.25, 0.3) is 0 Å². The van der Waals surface area contributed by atoms with Gasteiger partial charge in [-0.2, -0.15) is 0 Å². The lowest BCUT2D eigenvalue weighted by molar-refractivity contribution is -0.130. The van der Waals surface area contributed by atoms with Gasteiger partial charge in [0.2, 0.25) is 0 Å². The van der Waals surface area contributed by atoms with E-state index in [0.29, 0.717) is 12.8 Å². The van der Waals surface area contributed by atoms with E-state index in [1.807, 2.05) is 0 Å². The smallest absolute Gasteiger partial charge is 0.140 e. The van der Waals surface area contributed by atoms with Crippen molar-refractivity contribution in [3.8, 4) is 0 Å². The summed E-state index contributed by atoms with van der Waals surface area (Å²) in [5.74, 6) is 0.341. The van der Waals surface area contributed by atoms with E-state index in [9.17, 15) is 9.59 Å². The molecule has 0 unspecified atom stereocenters. The minimum atomic E-state index is 0.103. The molecule has 1 fully saturated rings. The Morgan fingerprint density at radius 3 is 2.41 bits per heavy atom. The number of hydrogen-bond acceptors (Lipinski definition) is 2. The minimum Gasteiger partial charge on any atom is -0.299 e. The van der Waals surface area contributed by atoms with Gasteiger partial charge < -0.3 is 0 Å². The highest BCUT2D eigenvalue weighted by Gasteiger charge is 2.27. The van der Waals surface area contributed by atoms with Gasteiger partial charge >= 0.3 is 0 Å². The SMILES string of the molecule is O=C1CC(=O)CC(c2ccc3c(c2)CCC3)C1. The number of carbonyl (C=O) groups is 2. The summed E-state index contributed by atoms with van der Waals surface area (Å²) in [6.07, 6.45) is 4.81. The molecular formula is C15H16O2. The molecule has 0 heterocycles. The van der Waals surface area contributed by atoms with Gasteiger partial charge in [-0.15, -0.1) is 0 Å². The number of carbonyl (C=O) groups excluding carboxylic acids is 2. The van der Waals surface area contributed by atoms with E-state index in [1.54, 1.807) is 0 Å². The van der Waals surface area contributed by atoms with Crippen molar-refractivity contribution in [2.45, 2.75) is 44.4 Å². The summed E-state index contributed by atoms with van der Waals surface area (Å²) in [5, 5.41) is 0. The Morgan fingerprint density at radius 2 is 1.65 bits per heavy atom. The quantitative estimate of drug-likeness (QED) is 0.692. The summed E-state index contributed by atoms with van der Waals surface area (Å²) < 4.78 is 0. The molecule has 0 saturated heterocycles. The molecule has 1 aromatic rings. The number of Topliss-reactive ketones (excluding diaryl/α,β-unsaturated/α-hetero) is 2. The maximum Gasteiger partial charge on any atom is 0.140 e. The van der Waals surface area contributed by atoms with Gasteiger partial charge in [0, 0.05) is 12.8 Å². The van der Waals surface area contributed by atoms with Crippen molar-refractivity contribution >= 4 is 11.6 Å². The number of ketones is 2. The first-order valence-corrected chi connectivity index (χ1v) is 6.37. The summed E-state index contributed by atoms with van der Waals surface area (Å²) in [6.45, 7) is 0. The Balaban J connectivity index is 1.88. The monoisotopic (exact) mass is 228 g/mol. The summed E-state index contributed by atoms with van der Waals surface area (Å²) >= 11 is 0. The lowest BCUT2D eigenvalue weighted by Crippen LogP contribution is -2.21. The van der Waals surface area contributed by atoms with Crippen LogP contribution < -0.4 is 0 Å². The normalized spacial score (nSPS) is 20.7. The van der Waals surface area contributed by atoms with Crippen molar-refractivity contribution in [1.29, 1.82) is 0 Å². The van der Waals surface area contributed by atoms with Crippen LogP contribution in [0.3, 0.4) is 0 Å². The van der Waals surface area contributed by atoms with Crippen molar-refractivity contribution in [3.05, 3.63) is 34.9 Å². The van der Waals surface area contributed by atoms with E-state index in [-0.39, 0.29) is 23.9 Å². The Hall–Kier alpha value is -1.44. The topological polar surface area (TPSA) is 34.1 Å². The highest BCUT2D eigenvalue weighted by molar-refractivity contribution is 6.02. The van der Waals surface area contributed by atoms with Crippen LogP contribution in [-0.4, -0.2) is 11.6 Å². The molecule has 0 aliphatic heterocycles. The molecule has 0 amide bonds. The fourth-order valence-electron chi connectivity index (χ4n) is 3.07. The van der Waals surface area contributed by atoms with E-state index in [2.05, 4.69) is 18.2 Å². The van der Waals surface area contributed by atoms with Crippen LogP contribution in [0, 0.1) is 0 Å². The molecule has 3 rings (SSSR count). The zero-order chi connectivity index (χ0) is 11.8. The second-order valence-electron chi connectivity index (χ2n) is 5.24. The van der Waals surface area contributed by atoms with E-state index in [1.165, 1.54) is 29.5 Å². The number of benzene rings is 1. The molecule has 0 spiro atoms. The Bertz CT molecular complexity index is 472. The van der Waals surface area contributed by atoms with Gasteiger partial charge in [0.15, 0.2) is 0 Å². The first-order valence-electron chi connectivity index (χ1n) is 6.37. The van der Waals surface area contributed by atoms with Crippen LogP contribution in [0.1, 0.15) is 48.3 Å². The highest BCUT2D eigenvalue weighted by atomic mass is 16.1. The summed E-state index contributed by atoms with van der Waals surface area (Å²) in [7, 11) is 0. The molecule has 1 saturated carbocycles. The summed E-state index contributed by atoms with van der Waals surface area (Å²) in [4.78, 5) is 22.9. The van der Waals surface area contributed by atoms with Crippen LogP contribution in [0.5, 0.6) is 0 Å². The standard InChI is InChI=1S/C15H16O2/c16-14-7-13(8-15(17)9-14)12-5-4-10-2-1-3-11(10)6-12/h4-6,13H,1-3,7-9H2. The molecule has 2 aliphatic rings. The maximum absolute atomic E-state index is 11.5.